The van der Waals surface area contributed by atoms with Crippen molar-refractivity contribution < 1.29 is 14.0 Å². The molecular formula is C22H23FN4O2S. The molecule has 3 N–H and O–H groups in total. The van der Waals surface area contributed by atoms with Gasteiger partial charge in [-0.15, -0.1) is 0 Å². The van der Waals surface area contributed by atoms with Crippen LogP contribution in [0.15, 0.2) is 36.4 Å². The number of thiazole rings is 1. The fourth-order valence-corrected chi connectivity index (χ4v) is 4.02. The van der Waals surface area contributed by atoms with Gasteiger partial charge in [0.15, 0.2) is 5.13 Å². The average molecular weight is 427 g/mol. The number of hydrogen-bond donors (Lipinski definition) is 3. The van der Waals surface area contributed by atoms with Crippen LogP contribution in [0, 0.1) is 33.5 Å². The molecular weight excluding hydrogens is 403 g/mol. The molecule has 0 atom stereocenters. The maximum atomic E-state index is 13.6. The zero-order chi connectivity index (χ0) is 21.8. The van der Waals surface area contributed by atoms with E-state index in [1.165, 1.54) is 6.07 Å². The molecule has 0 saturated heterocycles. The van der Waals surface area contributed by atoms with Crippen LogP contribution in [0.4, 0.5) is 20.0 Å². The van der Waals surface area contributed by atoms with Crippen LogP contribution >= 0.6 is 11.3 Å². The highest BCUT2D eigenvalue weighted by Gasteiger charge is 2.18. The van der Waals surface area contributed by atoms with E-state index in [0.29, 0.717) is 21.3 Å². The van der Waals surface area contributed by atoms with Crippen molar-refractivity contribution in [2.24, 2.45) is 0 Å². The van der Waals surface area contributed by atoms with Crippen LogP contribution in [0.5, 0.6) is 0 Å². The standard InChI is InChI=1S/C22H23FN4O2S/c1-12-9-13(2)18(14(3)10-12)26-20(28)19-15(4)25-22(30-19)27-21(29)24-11-16-7-5-6-8-17(16)23/h5-10H,11H2,1-4H3,(H,26,28)(H2,24,25,27,29). The molecule has 30 heavy (non-hydrogen) atoms. The fourth-order valence-electron chi connectivity index (χ4n) is 3.17. The monoisotopic (exact) mass is 426 g/mol. The molecule has 6 nitrogen and oxygen atoms in total. The number of nitrogens with one attached hydrogen (secondary N) is 3. The summed E-state index contributed by atoms with van der Waals surface area (Å²) in [5.41, 5.74) is 4.76. The molecule has 0 aliphatic rings. The number of nitrogens with zero attached hydrogens (tertiary/aromatic N) is 1. The van der Waals surface area contributed by atoms with Crippen LogP contribution in [0.25, 0.3) is 0 Å². The molecule has 3 rings (SSSR count). The summed E-state index contributed by atoms with van der Waals surface area (Å²) in [6, 6.07) is 9.71. The predicted molar refractivity (Wildman–Crippen MR) is 118 cm³/mol. The molecule has 0 fully saturated rings. The first-order valence-electron chi connectivity index (χ1n) is 9.39. The minimum atomic E-state index is -0.524. The van der Waals surface area contributed by atoms with Crippen LogP contribution in [-0.4, -0.2) is 16.9 Å². The Hall–Kier alpha value is -3.26. The van der Waals surface area contributed by atoms with Gasteiger partial charge in [0.2, 0.25) is 0 Å². The van der Waals surface area contributed by atoms with Gasteiger partial charge in [-0.1, -0.05) is 47.2 Å². The number of urea groups is 1. The van der Waals surface area contributed by atoms with Crippen molar-refractivity contribution in [1.29, 1.82) is 0 Å². The second kappa shape index (κ2) is 9.04. The lowest BCUT2D eigenvalue weighted by Crippen LogP contribution is -2.28. The highest BCUT2D eigenvalue weighted by Crippen LogP contribution is 2.26. The number of aryl methyl sites for hydroxylation is 4. The van der Waals surface area contributed by atoms with E-state index in [0.717, 1.165) is 33.7 Å². The number of amides is 3. The van der Waals surface area contributed by atoms with E-state index in [9.17, 15) is 14.0 Å². The summed E-state index contributed by atoms with van der Waals surface area (Å²) in [7, 11) is 0. The Morgan fingerprint density at radius 3 is 2.37 bits per heavy atom. The predicted octanol–water partition coefficient (Wildman–Crippen LogP) is 5.09. The van der Waals surface area contributed by atoms with E-state index in [1.54, 1.807) is 25.1 Å². The van der Waals surface area contributed by atoms with Crippen LogP contribution in [0.1, 0.15) is 37.6 Å². The van der Waals surface area contributed by atoms with E-state index < -0.39 is 6.03 Å². The highest BCUT2D eigenvalue weighted by molar-refractivity contribution is 7.17. The lowest BCUT2D eigenvalue weighted by Gasteiger charge is -2.12. The normalized spacial score (nSPS) is 10.6. The Kier molecular flexibility index (Phi) is 6.47. The van der Waals surface area contributed by atoms with E-state index in [1.807, 2.05) is 32.9 Å². The summed E-state index contributed by atoms with van der Waals surface area (Å²) >= 11 is 1.09. The highest BCUT2D eigenvalue weighted by atomic mass is 32.1. The van der Waals surface area contributed by atoms with Gasteiger partial charge in [-0.05, 0) is 44.9 Å². The van der Waals surface area contributed by atoms with Crippen molar-refractivity contribution in [3.05, 3.63) is 75.0 Å². The van der Waals surface area contributed by atoms with Gasteiger partial charge in [-0.3, -0.25) is 10.1 Å². The van der Waals surface area contributed by atoms with Crippen molar-refractivity contribution in [2.75, 3.05) is 10.6 Å². The molecule has 8 heteroatoms. The number of carbonyl (C=O) groups excluding carboxylic acids is 2. The average Bonchev–Trinajstić information content (AvgIpc) is 3.04. The number of aromatic nitrogens is 1. The summed E-state index contributed by atoms with van der Waals surface area (Å²) in [5.74, 6) is -0.664. The molecule has 0 aliphatic heterocycles. The molecule has 1 aromatic heterocycles. The Morgan fingerprint density at radius 1 is 1.03 bits per heavy atom. The van der Waals surface area contributed by atoms with Crippen LogP contribution < -0.4 is 16.0 Å². The van der Waals surface area contributed by atoms with Gasteiger partial charge >= 0.3 is 6.03 Å². The molecule has 2 aromatic carbocycles. The van der Waals surface area contributed by atoms with Gasteiger partial charge < -0.3 is 10.6 Å². The summed E-state index contributed by atoms with van der Waals surface area (Å²) < 4.78 is 13.6. The van der Waals surface area contributed by atoms with E-state index >= 15 is 0 Å². The Bertz CT molecular complexity index is 1090. The first-order valence-corrected chi connectivity index (χ1v) is 10.2. The number of hydrogen-bond acceptors (Lipinski definition) is 4. The first kappa shape index (κ1) is 21.4. The topological polar surface area (TPSA) is 83.1 Å². The molecule has 3 aromatic rings. The minimum Gasteiger partial charge on any atom is -0.334 e. The molecule has 1 heterocycles. The van der Waals surface area contributed by atoms with Gasteiger partial charge in [-0.25, -0.2) is 14.2 Å². The molecule has 3 amide bonds. The van der Waals surface area contributed by atoms with Crippen molar-refractivity contribution in [3.8, 4) is 0 Å². The van der Waals surface area contributed by atoms with E-state index in [2.05, 4.69) is 20.9 Å². The van der Waals surface area contributed by atoms with Crippen LogP contribution in [0.2, 0.25) is 0 Å². The van der Waals surface area contributed by atoms with Gasteiger partial charge in [0, 0.05) is 17.8 Å². The fraction of sp³-hybridized carbons (Fsp3) is 0.227. The summed E-state index contributed by atoms with van der Waals surface area (Å²) in [5, 5.41) is 8.42. The quantitative estimate of drug-likeness (QED) is 0.531. The third-order valence-electron chi connectivity index (χ3n) is 4.54. The van der Waals surface area contributed by atoms with E-state index in [-0.39, 0.29) is 18.3 Å². The Balaban J connectivity index is 1.65. The molecule has 0 aliphatic carbocycles. The molecule has 0 bridgehead atoms. The summed E-state index contributed by atoms with van der Waals surface area (Å²) in [6.07, 6.45) is 0. The lowest BCUT2D eigenvalue weighted by atomic mass is 10.1. The number of halogens is 1. The van der Waals surface area contributed by atoms with Gasteiger partial charge in [0.25, 0.3) is 5.91 Å². The number of carbonyl (C=O) groups is 2. The lowest BCUT2D eigenvalue weighted by molar-refractivity contribution is 0.102. The van der Waals surface area contributed by atoms with E-state index in [4.69, 9.17) is 0 Å². The SMILES string of the molecule is Cc1cc(C)c(NC(=O)c2sc(NC(=O)NCc3ccccc3F)nc2C)c(C)c1. The maximum Gasteiger partial charge on any atom is 0.321 e. The molecule has 0 spiro atoms. The van der Waals surface area contributed by atoms with Gasteiger partial charge in [0.05, 0.1) is 5.69 Å². The van der Waals surface area contributed by atoms with Crippen molar-refractivity contribution in [3.63, 3.8) is 0 Å². The Morgan fingerprint density at radius 2 is 1.70 bits per heavy atom. The maximum absolute atomic E-state index is 13.6. The van der Waals surface area contributed by atoms with Crippen molar-refractivity contribution in [1.82, 2.24) is 10.3 Å². The number of rotatable bonds is 5. The van der Waals surface area contributed by atoms with Crippen molar-refractivity contribution >= 4 is 34.1 Å². The second-order valence-corrected chi connectivity index (χ2v) is 8.06. The first-order chi connectivity index (χ1) is 14.2. The molecule has 156 valence electrons. The van der Waals surface area contributed by atoms with Gasteiger partial charge in [0.1, 0.15) is 10.7 Å². The van der Waals surface area contributed by atoms with Crippen LogP contribution in [-0.2, 0) is 6.54 Å². The zero-order valence-corrected chi connectivity index (χ0v) is 18.0. The molecule has 0 radical (unpaired) electrons. The minimum absolute atomic E-state index is 0.0438. The zero-order valence-electron chi connectivity index (χ0n) is 17.2. The second-order valence-electron chi connectivity index (χ2n) is 7.06. The molecule has 0 saturated carbocycles. The Labute approximate surface area is 178 Å². The third kappa shape index (κ3) is 5.01. The molecule has 0 unspecified atom stereocenters. The largest absolute Gasteiger partial charge is 0.334 e. The van der Waals surface area contributed by atoms with Crippen LogP contribution in [0.3, 0.4) is 0 Å². The van der Waals surface area contributed by atoms with Gasteiger partial charge in [-0.2, -0.15) is 0 Å². The third-order valence-corrected chi connectivity index (χ3v) is 5.61. The summed E-state index contributed by atoms with van der Waals surface area (Å²) in [4.78, 5) is 29.6. The summed E-state index contributed by atoms with van der Waals surface area (Å²) in [6.45, 7) is 7.66. The number of benzene rings is 2. The number of anilines is 2. The van der Waals surface area contributed by atoms with Crippen molar-refractivity contribution in [2.45, 2.75) is 34.2 Å². The smallest absolute Gasteiger partial charge is 0.321 e.